The summed E-state index contributed by atoms with van der Waals surface area (Å²) in [5, 5.41) is 3.21. The third-order valence-electron chi connectivity index (χ3n) is 3.47. The van der Waals surface area contributed by atoms with Crippen LogP contribution in [-0.2, 0) is 21.3 Å². The molecular formula is C14H24N2O4S. The summed E-state index contributed by atoms with van der Waals surface area (Å²) in [6.45, 7) is 8.28. The molecule has 1 unspecified atom stereocenters. The molecule has 1 N–H and O–H groups in total. The van der Waals surface area contributed by atoms with Gasteiger partial charge >= 0.3 is 0 Å². The second-order valence-electron chi connectivity index (χ2n) is 5.35. The third kappa shape index (κ3) is 3.85. The number of rotatable bonds is 6. The van der Waals surface area contributed by atoms with Crippen molar-refractivity contribution in [3.05, 3.63) is 17.6 Å². The largest absolute Gasteiger partial charge is 0.464 e. The number of ether oxygens (including phenoxy) is 1. The van der Waals surface area contributed by atoms with Crippen LogP contribution in [0.1, 0.15) is 31.8 Å². The number of morpholine rings is 1. The van der Waals surface area contributed by atoms with Crippen molar-refractivity contribution in [3.63, 3.8) is 0 Å². The van der Waals surface area contributed by atoms with E-state index in [1.165, 1.54) is 4.31 Å². The van der Waals surface area contributed by atoms with Crippen molar-refractivity contribution in [1.82, 2.24) is 9.62 Å². The van der Waals surface area contributed by atoms with Crippen LogP contribution in [-0.4, -0.2) is 45.1 Å². The van der Waals surface area contributed by atoms with Gasteiger partial charge < -0.3 is 14.5 Å². The van der Waals surface area contributed by atoms with E-state index >= 15 is 0 Å². The van der Waals surface area contributed by atoms with Crippen LogP contribution in [0.5, 0.6) is 0 Å². The molecule has 0 amide bonds. The highest BCUT2D eigenvalue weighted by atomic mass is 32.2. The highest BCUT2D eigenvalue weighted by Gasteiger charge is 2.32. The molecule has 21 heavy (non-hydrogen) atoms. The predicted molar refractivity (Wildman–Crippen MR) is 79.6 cm³/mol. The van der Waals surface area contributed by atoms with E-state index in [4.69, 9.17) is 9.15 Å². The Balaban J connectivity index is 2.15. The first kappa shape index (κ1) is 16.5. The highest BCUT2D eigenvalue weighted by Crippen LogP contribution is 2.25. The number of sulfonamides is 1. The van der Waals surface area contributed by atoms with Gasteiger partial charge in [0.15, 0.2) is 0 Å². The number of aryl methyl sites for hydroxylation is 1. The molecule has 1 fully saturated rings. The van der Waals surface area contributed by atoms with Crippen molar-refractivity contribution in [2.24, 2.45) is 0 Å². The maximum Gasteiger partial charge on any atom is 0.246 e. The second-order valence-corrected chi connectivity index (χ2v) is 7.26. The van der Waals surface area contributed by atoms with Crippen LogP contribution in [0.15, 0.2) is 15.4 Å². The Morgan fingerprint density at radius 2 is 2.24 bits per heavy atom. The first-order valence-corrected chi connectivity index (χ1v) is 8.81. The number of nitrogens with one attached hydrogen (secondary N) is 1. The van der Waals surface area contributed by atoms with Gasteiger partial charge in [-0.1, -0.05) is 6.92 Å². The zero-order valence-corrected chi connectivity index (χ0v) is 13.7. The molecule has 0 bridgehead atoms. The van der Waals surface area contributed by atoms with Crippen molar-refractivity contribution in [3.8, 4) is 0 Å². The normalized spacial score (nSPS) is 20.8. The Kier molecular flexibility index (Phi) is 5.43. The van der Waals surface area contributed by atoms with E-state index in [0.29, 0.717) is 37.8 Å². The molecule has 6 nitrogen and oxygen atoms in total. The molecule has 1 aromatic heterocycles. The molecule has 0 spiro atoms. The molecule has 7 heteroatoms. The molecule has 1 aliphatic rings. The van der Waals surface area contributed by atoms with E-state index in [-0.39, 0.29) is 11.0 Å². The lowest BCUT2D eigenvalue weighted by Crippen LogP contribution is -2.44. The highest BCUT2D eigenvalue weighted by molar-refractivity contribution is 7.89. The lowest BCUT2D eigenvalue weighted by molar-refractivity contribution is 0.0101. The van der Waals surface area contributed by atoms with E-state index in [1.54, 1.807) is 13.0 Å². The van der Waals surface area contributed by atoms with E-state index in [0.717, 1.165) is 13.0 Å². The summed E-state index contributed by atoms with van der Waals surface area (Å²) in [7, 11) is -3.50. The lowest BCUT2D eigenvalue weighted by atomic mass is 10.3. The van der Waals surface area contributed by atoms with Gasteiger partial charge in [0.25, 0.3) is 0 Å². The van der Waals surface area contributed by atoms with Gasteiger partial charge in [0.05, 0.1) is 19.3 Å². The molecule has 0 aromatic carbocycles. The van der Waals surface area contributed by atoms with Crippen LogP contribution in [0.25, 0.3) is 0 Å². The van der Waals surface area contributed by atoms with Gasteiger partial charge in [0.2, 0.25) is 10.0 Å². The molecule has 1 saturated heterocycles. The number of nitrogens with zero attached hydrogens (tertiary/aromatic N) is 1. The quantitative estimate of drug-likeness (QED) is 0.805. The summed E-state index contributed by atoms with van der Waals surface area (Å²) >= 11 is 0. The zero-order valence-electron chi connectivity index (χ0n) is 12.9. The van der Waals surface area contributed by atoms with Crippen molar-refractivity contribution in [2.75, 3.05) is 26.2 Å². The van der Waals surface area contributed by atoms with E-state index in [2.05, 4.69) is 12.2 Å². The SMILES string of the molecule is CCCNCc1cc(S(=O)(=O)N2CCOC(C)C2)c(C)o1. The molecule has 0 aliphatic carbocycles. The first-order chi connectivity index (χ1) is 9.95. The second kappa shape index (κ2) is 6.91. The van der Waals surface area contributed by atoms with Crippen molar-refractivity contribution in [2.45, 2.75) is 44.7 Å². The molecule has 1 aliphatic heterocycles. The van der Waals surface area contributed by atoms with Gasteiger partial charge in [-0.05, 0) is 26.8 Å². The summed E-state index contributed by atoms with van der Waals surface area (Å²) in [4.78, 5) is 0.268. The average Bonchev–Trinajstić information content (AvgIpc) is 2.81. The number of hydrogen-bond acceptors (Lipinski definition) is 5. The van der Waals surface area contributed by atoms with Gasteiger partial charge in [-0.2, -0.15) is 4.31 Å². The van der Waals surface area contributed by atoms with Gasteiger partial charge in [-0.3, -0.25) is 0 Å². The zero-order chi connectivity index (χ0) is 15.5. The van der Waals surface area contributed by atoms with Crippen LogP contribution in [0.3, 0.4) is 0 Å². The predicted octanol–water partition coefficient (Wildman–Crippen LogP) is 1.50. The molecule has 120 valence electrons. The van der Waals surface area contributed by atoms with Crippen LogP contribution < -0.4 is 5.32 Å². The topological polar surface area (TPSA) is 71.8 Å². The van der Waals surface area contributed by atoms with E-state index in [9.17, 15) is 8.42 Å². The van der Waals surface area contributed by atoms with Crippen molar-refractivity contribution >= 4 is 10.0 Å². The summed E-state index contributed by atoms with van der Waals surface area (Å²) in [5.74, 6) is 1.10. The number of hydrogen-bond donors (Lipinski definition) is 1. The fraction of sp³-hybridized carbons (Fsp3) is 0.714. The molecule has 0 radical (unpaired) electrons. The smallest absolute Gasteiger partial charge is 0.246 e. The minimum atomic E-state index is -3.50. The minimum absolute atomic E-state index is 0.0774. The third-order valence-corrected chi connectivity index (χ3v) is 5.44. The van der Waals surface area contributed by atoms with Crippen LogP contribution in [0, 0.1) is 6.92 Å². The Bertz CT molecular complexity index is 568. The summed E-state index contributed by atoms with van der Waals surface area (Å²) in [6, 6.07) is 1.63. The first-order valence-electron chi connectivity index (χ1n) is 7.37. The Morgan fingerprint density at radius 3 is 2.90 bits per heavy atom. The van der Waals surface area contributed by atoms with Gasteiger partial charge in [-0.25, -0.2) is 8.42 Å². The fourth-order valence-electron chi connectivity index (χ4n) is 2.40. The van der Waals surface area contributed by atoms with Crippen molar-refractivity contribution < 1.29 is 17.6 Å². The number of furan rings is 1. The molecule has 0 saturated carbocycles. The van der Waals surface area contributed by atoms with Crippen LogP contribution in [0.4, 0.5) is 0 Å². The van der Waals surface area contributed by atoms with E-state index < -0.39 is 10.0 Å². The molecule has 1 aromatic rings. The van der Waals surface area contributed by atoms with Crippen molar-refractivity contribution in [1.29, 1.82) is 0 Å². The van der Waals surface area contributed by atoms with Gasteiger partial charge in [0, 0.05) is 19.2 Å². The summed E-state index contributed by atoms with van der Waals surface area (Å²) in [6.07, 6.45) is 0.947. The molecule has 2 rings (SSSR count). The Morgan fingerprint density at radius 1 is 1.48 bits per heavy atom. The minimum Gasteiger partial charge on any atom is -0.464 e. The van der Waals surface area contributed by atoms with E-state index in [1.807, 2.05) is 6.92 Å². The Labute approximate surface area is 126 Å². The molecule has 1 atom stereocenters. The monoisotopic (exact) mass is 316 g/mol. The standard InChI is InChI=1S/C14H24N2O4S/c1-4-5-15-9-13-8-14(12(3)20-13)21(17,18)16-6-7-19-11(2)10-16/h8,11,15H,4-7,9-10H2,1-3H3. The summed E-state index contributed by atoms with van der Waals surface area (Å²) in [5.41, 5.74) is 0. The van der Waals surface area contributed by atoms with Gasteiger partial charge in [0.1, 0.15) is 16.4 Å². The summed E-state index contributed by atoms with van der Waals surface area (Å²) < 4.78 is 37.8. The van der Waals surface area contributed by atoms with Crippen LogP contribution in [0.2, 0.25) is 0 Å². The Hall–Kier alpha value is -0.890. The molecular weight excluding hydrogens is 292 g/mol. The van der Waals surface area contributed by atoms with Crippen LogP contribution >= 0.6 is 0 Å². The average molecular weight is 316 g/mol. The van der Waals surface area contributed by atoms with Gasteiger partial charge in [-0.15, -0.1) is 0 Å². The lowest BCUT2D eigenvalue weighted by Gasteiger charge is -2.30. The molecule has 2 heterocycles. The fourth-order valence-corrected chi connectivity index (χ4v) is 4.08. The maximum absolute atomic E-state index is 12.7. The maximum atomic E-state index is 12.7.